The van der Waals surface area contributed by atoms with E-state index in [1.54, 1.807) is 11.9 Å². The Balaban J connectivity index is 2.29. The first-order valence-corrected chi connectivity index (χ1v) is 7.06. The van der Waals surface area contributed by atoms with Crippen molar-refractivity contribution in [3.8, 4) is 0 Å². The van der Waals surface area contributed by atoms with Crippen molar-refractivity contribution in [2.24, 2.45) is 0 Å². The van der Waals surface area contributed by atoms with Crippen LogP contribution in [0.2, 0.25) is 0 Å². The van der Waals surface area contributed by atoms with E-state index in [9.17, 15) is 13.2 Å². The summed E-state index contributed by atoms with van der Waals surface area (Å²) in [6, 6.07) is 2.03. The number of aryl methyl sites for hydroxylation is 1. The number of anilines is 2. The van der Waals surface area contributed by atoms with Gasteiger partial charge in [0.05, 0.1) is 22.8 Å². The Morgan fingerprint density at radius 2 is 2.00 bits per heavy atom. The second kappa shape index (κ2) is 5.88. The van der Waals surface area contributed by atoms with Gasteiger partial charge in [-0.25, -0.2) is 9.97 Å². The minimum Gasteiger partial charge on any atom is -0.373 e. The Bertz CT molecular complexity index is 624. The summed E-state index contributed by atoms with van der Waals surface area (Å²) in [5.41, 5.74) is 0.0865. The number of nitrogens with zero attached hydrogens (tertiary/aromatic N) is 3. The molecule has 0 unspecified atom stereocenters. The van der Waals surface area contributed by atoms with Gasteiger partial charge in [-0.2, -0.15) is 13.2 Å². The van der Waals surface area contributed by atoms with Crippen molar-refractivity contribution < 1.29 is 13.2 Å². The monoisotopic (exact) mass is 316 g/mol. The van der Waals surface area contributed by atoms with Gasteiger partial charge in [0.15, 0.2) is 0 Å². The van der Waals surface area contributed by atoms with Crippen LogP contribution < -0.4 is 10.2 Å². The lowest BCUT2D eigenvalue weighted by Gasteiger charge is -2.19. The topological polar surface area (TPSA) is 41.0 Å². The van der Waals surface area contributed by atoms with E-state index < -0.39 is 11.7 Å². The summed E-state index contributed by atoms with van der Waals surface area (Å²) < 4.78 is 38.7. The van der Waals surface area contributed by atoms with E-state index in [1.165, 1.54) is 18.4 Å². The fourth-order valence-corrected chi connectivity index (χ4v) is 2.41. The molecule has 1 N–H and O–H groups in total. The predicted octanol–water partition coefficient (Wildman–Crippen LogP) is 3.54. The summed E-state index contributed by atoms with van der Waals surface area (Å²) >= 11 is 1.51. The first-order valence-electron chi connectivity index (χ1n) is 6.19. The maximum absolute atomic E-state index is 12.9. The van der Waals surface area contributed by atoms with Crippen LogP contribution in [0.5, 0.6) is 0 Å². The first-order chi connectivity index (χ1) is 9.79. The third kappa shape index (κ3) is 3.84. The van der Waals surface area contributed by atoms with E-state index in [4.69, 9.17) is 0 Å². The first kappa shape index (κ1) is 15.6. The Morgan fingerprint density at radius 1 is 1.29 bits per heavy atom. The summed E-state index contributed by atoms with van der Waals surface area (Å²) in [5, 5.41) is 5.46. The number of hydrogen-bond donors (Lipinski definition) is 1. The molecule has 0 aliphatic rings. The number of thiazole rings is 1. The van der Waals surface area contributed by atoms with Crippen LogP contribution in [0, 0.1) is 6.92 Å². The fourth-order valence-electron chi connectivity index (χ4n) is 1.81. The molecule has 0 saturated carbocycles. The number of halogens is 3. The zero-order valence-electron chi connectivity index (χ0n) is 11.8. The van der Waals surface area contributed by atoms with Gasteiger partial charge in [-0.1, -0.05) is 0 Å². The van der Waals surface area contributed by atoms with Gasteiger partial charge in [0.25, 0.3) is 0 Å². The molecular formula is C13H15F3N4S. The van der Waals surface area contributed by atoms with E-state index >= 15 is 0 Å². The number of hydrogen-bond acceptors (Lipinski definition) is 5. The molecule has 2 aromatic heterocycles. The van der Waals surface area contributed by atoms with Gasteiger partial charge in [0.1, 0.15) is 11.6 Å². The zero-order valence-corrected chi connectivity index (χ0v) is 12.6. The van der Waals surface area contributed by atoms with Crippen molar-refractivity contribution in [3.63, 3.8) is 0 Å². The van der Waals surface area contributed by atoms with Crippen LogP contribution in [0.3, 0.4) is 0 Å². The molecule has 8 heteroatoms. The predicted molar refractivity (Wildman–Crippen MR) is 77.7 cm³/mol. The molecule has 0 atom stereocenters. The number of nitrogens with one attached hydrogen (secondary N) is 1. The molecule has 0 aliphatic carbocycles. The maximum Gasteiger partial charge on any atom is 0.416 e. The average molecular weight is 316 g/mol. The third-order valence-corrected chi connectivity index (χ3v) is 3.67. The zero-order chi connectivity index (χ0) is 15.6. The SMILES string of the molecule is CNc1cc(C(F)(F)F)cc(N(C)Cc2csc(C)n2)n1. The van der Waals surface area contributed by atoms with Gasteiger partial charge >= 0.3 is 6.18 Å². The van der Waals surface area contributed by atoms with Crippen LogP contribution in [-0.4, -0.2) is 24.1 Å². The summed E-state index contributed by atoms with van der Waals surface area (Å²) in [5.74, 6) is 0.431. The minimum atomic E-state index is -4.40. The highest BCUT2D eigenvalue weighted by molar-refractivity contribution is 7.09. The molecule has 0 radical (unpaired) electrons. The summed E-state index contributed by atoms with van der Waals surface area (Å²) in [4.78, 5) is 10.1. The Hall–Kier alpha value is -1.83. The molecule has 0 spiro atoms. The van der Waals surface area contributed by atoms with E-state index in [2.05, 4.69) is 15.3 Å². The molecule has 0 fully saturated rings. The molecule has 0 amide bonds. The normalized spacial score (nSPS) is 11.5. The van der Waals surface area contributed by atoms with Crippen molar-refractivity contribution in [1.82, 2.24) is 9.97 Å². The Kier molecular flexibility index (Phi) is 4.36. The van der Waals surface area contributed by atoms with Gasteiger partial charge in [-0.3, -0.25) is 0 Å². The summed E-state index contributed by atoms with van der Waals surface area (Å²) in [7, 11) is 3.23. The van der Waals surface area contributed by atoms with Crippen LogP contribution in [0.1, 0.15) is 16.3 Å². The molecule has 21 heavy (non-hydrogen) atoms. The molecule has 4 nitrogen and oxygen atoms in total. The van der Waals surface area contributed by atoms with Gasteiger partial charge in [0, 0.05) is 19.5 Å². The van der Waals surface area contributed by atoms with E-state index in [-0.39, 0.29) is 11.6 Å². The number of alkyl halides is 3. The summed E-state index contributed by atoms with van der Waals surface area (Å²) in [6.45, 7) is 2.29. The lowest BCUT2D eigenvalue weighted by molar-refractivity contribution is -0.137. The molecule has 0 bridgehead atoms. The van der Waals surface area contributed by atoms with Crippen LogP contribution in [0.15, 0.2) is 17.5 Å². The largest absolute Gasteiger partial charge is 0.416 e. The van der Waals surface area contributed by atoms with Gasteiger partial charge in [0.2, 0.25) is 0 Å². The Morgan fingerprint density at radius 3 is 2.52 bits per heavy atom. The molecule has 2 rings (SSSR count). The average Bonchev–Trinajstić information content (AvgIpc) is 2.82. The number of pyridine rings is 1. The van der Waals surface area contributed by atoms with Crippen LogP contribution in [0.4, 0.5) is 24.8 Å². The Labute approximate surface area is 124 Å². The van der Waals surface area contributed by atoms with Crippen LogP contribution in [0.25, 0.3) is 0 Å². The highest BCUT2D eigenvalue weighted by Gasteiger charge is 2.32. The summed E-state index contributed by atoms with van der Waals surface area (Å²) in [6.07, 6.45) is -4.40. The van der Waals surface area contributed by atoms with Crippen molar-refractivity contribution in [2.75, 3.05) is 24.3 Å². The van der Waals surface area contributed by atoms with E-state index in [0.717, 1.165) is 22.8 Å². The number of rotatable bonds is 4. The minimum absolute atomic E-state index is 0.182. The smallest absolute Gasteiger partial charge is 0.373 e. The van der Waals surface area contributed by atoms with Gasteiger partial charge < -0.3 is 10.2 Å². The second-order valence-corrected chi connectivity index (χ2v) is 5.62. The lowest BCUT2D eigenvalue weighted by Crippen LogP contribution is -2.19. The molecule has 114 valence electrons. The maximum atomic E-state index is 12.9. The highest BCUT2D eigenvalue weighted by atomic mass is 32.1. The van der Waals surface area contributed by atoms with Crippen molar-refractivity contribution in [2.45, 2.75) is 19.6 Å². The standard InChI is InChI=1S/C13H15F3N4S/c1-8-18-10(7-21-8)6-20(3)12-5-9(13(14,15)16)4-11(17-2)19-12/h4-5,7H,6H2,1-3H3,(H,17,19). The van der Waals surface area contributed by atoms with Crippen molar-refractivity contribution >= 4 is 23.0 Å². The molecule has 0 aliphatic heterocycles. The van der Waals surface area contributed by atoms with Gasteiger partial charge in [-0.15, -0.1) is 11.3 Å². The third-order valence-electron chi connectivity index (χ3n) is 2.85. The van der Waals surface area contributed by atoms with E-state index in [1.807, 2.05) is 12.3 Å². The quantitative estimate of drug-likeness (QED) is 0.936. The molecule has 2 aromatic rings. The van der Waals surface area contributed by atoms with Crippen LogP contribution in [-0.2, 0) is 12.7 Å². The second-order valence-electron chi connectivity index (χ2n) is 4.56. The van der Waals surface area contributed by atoms with Crippen molar-refractivity contribution in [1.29, 1.82) is 0 Å². The molecular weight excluding hydrogens is 301 g/mol. The molecule has 2 heterocycles. The fraction of sp³-hybridized carbons (Fsp3) is 0.385. The van der Waals surface area contributed by atoms with Crippen LogP contribution >= 0.6 is 11.3 Å². The molecule has 0 saturated heterocycles. The van der Waals surface area contributed by atoms with Gasteiger partial charge in [-0.05, 0) is 19.1 Å². The number of aromatic nitrogens is 2. The lowest BCUT2D eigenvalue weighted by atomic mass is 10.2. The highest BCUT2D eigenvalue weighted by Crippen LogP contribution is 2.32. The van der Waals surface area contributed by atoms with Crippen molar-refractivity contribution in [3.05, 3.63) is 33.8 Å². The molecule has 0 aromatic carbocycles. The van der Waals surface area contributed by atoms with E-state index in [0.29, 0.717) is 6.54 Å².